The first-order chi connectivity index (χ1) is 14.8. The Labute approximate surface area is 188 Å². The lowest BCUT2D eigenvalue weighted by Crippen LogP contribution is -2.44. The van der Waals surface area contributed by atoms with Gasteiger partial charge in [-0.25, -0.2) is 0 Å². The molecule has 0 spiro atoms. The van der Waals surface area contributed by atoms with Gasteiger partial charge in [0.15, 0.2) is 0 Å². The second-order valence-corrected chi connectivity index (χ2v) is 7.98. The van der Waals surface area contributed by atoms with Crippen LogP contribution in [0.4, 0.5) is 0 Å². The Morgan fingerprint density at radius 1 is 1.32 bits per heavy atom. The molecule has 0 aliphatic carbocycles. The average molecular weight is 432 g/mol. The van der Waals surface area contributed by atoms with Crippen molar-refractivity contribution < 1.29 is 14.6 Å². The van der Waals surface area contributed by atoms with Gasteiger partial charge in [0, 0.05) is 37.5 Å². The number of aliphatic hydroxyl groups is 1. The van der Waals surface area contributed by atoms with Crippen molar-refractivity contribution in [1.29, 1.82) is 0 Å². The molecule has 0 aromatic heterocycles. The van der Waals surface area contributed by atoms with Crippen LogP contribution < -0.4 is 10.6 Å². The van der Waals surface area contributed by atoms with Crippen LogP contribution >= 0.6 is 0 Å². The quantitative estimate of drug-likeness (QED) is 0.260. The molecule has 1 aliphatic rings. The van der Waals surface area contributed by atoms with Crippen molar-refractivity contribution in [2.75, 3.05) is 33.8 Å². The molecule has 0 bridgehead atoms. The number of allylic oxidation sites excluding steroid dienone is 5. The minimum atomic E-state index is -0.0182. The number of rotatable bonds is 11. The van der Waals surface area contributed by atoms with E-state index in [0.29, 0.717) is 18.9 Å². The Hall–Kier alpha value is -2.47. The van der Waals surface area contributed by atoms with E-state index in [1.165, 1.54) is 5.57 Å². The Balaban J connectivity index is 3.32. The Kier molecular flexibility index (Phi) is 12.4. The fourth-order valence-electron chi connectivity index (χ4n) is 3.59. The highest BCUT2D eigenvalue weighted by Crippen LogP contribution is 2.24. The van der Waals surface area contributed by atoms with Crippen LogP contribution in [0, 0.1) is 5.92 Å². The lowest BCUT2D eigenvalue weighted by molar-refractivity contribution is -0.129. The van der Waals surface area contributed by atoms with Crippen molar-refractivity contribution in [2.24, 2.45) is 5.92 Å². The van der Waals surface area contributed by atoms with Crippen molar-refractivity contribution in [3.05, 3.63) is 59.2 Å². The first-order valence-corrected chi connectivity index (χ1v) is 11.2. The second kappa shape index (κ2) is 14.5. The molecule has 1 aliphatic heterocycles. The number of hydrogen-bond donors (Lipinski definition) is 3. The van der Waals surface area contributed by atoms with Crippen LogP contribution in [0.5, 0.6) is 0 Å². The maximum atomic E-state index is 13.2. The SMILES string of the molecule is CCOC(/C=C(\C)O)=C/C(C)C1C/C(C)=C/C=C(NC)\C=C\C(=O)N1CCCCNC. The Bertz CT molecular complexity index is 716. The second-order valence-electron chi connectivity index (χ2n) is 7.98. The molecule has 6 heteroatoms. The summed E-state index contributed by atoms with van der Waals surface area (Å²) in [5.74, 6) is 0.873. The molecule has 1 amide bonds. The van der Waals surface area contributed by atoms with Crippen LogP contribution in [-0.2, 0) is 9.53 Å². The van der Waals surface area contributed by atoms with Crippen LogP contribution in [0.15, 0.2) is 59.2 Å². The molecule has 0 aromatic rings. The van der Waals surface area contributed by atoms with E-state index in [-0.39, 0.29) is 23.6 Å². The summed E-state index contributed by atoms with van der Waals surface area (Å²) in [6.07, 6.45) is 13.9. The van der Waals surface area contributed by atoms with Gasteiger partial charge in [-0.2, -0.15) is 0 Å². The summed E-state index contributed by atoms with van der Waals surface area (Å²) in [7, 11) is 3.80. The summed E-state index contributed by atoms with van der Waals surface area (Å²) in [6.45, 7) is 9.89. The van der Waals surface area contributed by atoms with Gasteiger partial charge in [0.25, 0.3) is 0 Å². The van der Waals surface area contributed by atoms with E-state index in [1.54, 1.807) is 19.1 Å². The minimum absolute atomic E-state index is 0.0115. The van der Waals surface area contributed by atoms with Gasteiger partial charge in [-0.1, -0.05) is 18.6 Å². The van der Waals surface area contributed by atoms with E-state index in [0.717, 1.165) is 31.5 Å². The molecule has 174 valence electrons. The topological polar surface area (TPSA) is 73.8 Å². The number of amides is 1. The highest BCUT2D eigenvalue weighted by molar-refractivity contribution is 5.88. The molecular weight excluding hydrogens is 390 g/mol. The highest BCUT2D eigenvalue weighted by atomic mass is 16.5. The molecular formula is C25H41N3O3. The number of carbonyl (C=O) groups excluding carboxylic acids is 1. The summed E-state index contributed by atoms with van der Waals surface area (Å²) in [5, 5.41) is 16.0. The van der Waals surface area contributed by atoms with Gasteiger partial charge in [0.2, 0.25) is 5.91 Å². The number of likely N-dealkylation sites (N-methyl/N-ethyl adjacent to an activating group) is 1. The van der Waals surface area contributed by atoms with Gasteiger partial charge in [-0.3, -0.25) is 4.79 Å². The highest BCUT2D eigenvalue weighted by Gasteiger charge is 2.27. The van der Waals surface area contributed by atoms with Crippen LogP contribution in [0.25, 0.3) is 0 Å². The molecule has 0 fully saturated rings. The summed E-state index contributed by atoms with van der Waals surface area (Å²) in [5.41, 5.74) is 2.10. The van der Waals surface area contributed by atoms with E-state index in [9.17, 15) is 9.90 Å². The molecule has 1 rings (SSSR count). The summed E-state index contributed by atoms with van der Waals surface area (Å²) < 4.78 is 5.71. The Morgan fingerprint density at radius 3 is 2.68 bits per heavy atom. The zero-order chi connectivity index (χ0) is 23.2. The van der Waals surface area contributed by atoms with Crippen LogP contribution in [0.3, 0.4) is 0 Å². The number of aliphatic hydroxyl groups excluding tert-OH is 1. The third kappa shape index (κ3) is 9.92. The smallest absolute Gasteiger partial charge is 0.246 e. The number of nitrogens with zero attached hydrogens (tertiary/aromatic N) is 1. The fourth-order valence-corrected chi connectivity index (χ4v) is 3.59. The lowest BCUT2D eigenvalue weighted by atomic mass is 9.91. The van der Waals surface area contributed by atoms with Gasteiger partial charge in [0.05, 0.1) is 12.4 Å². The first-order valence-electron chi connectivity index (χ1n) is 11.2. The third-order valence-corrected chi connectivity index (χ3v) is 5.23. The molecule has 0 saturated carbocycles. The van der Waals surface area contributed by atoms with Gasteiger partial charge < -0.3 is 25.4 Å². The molecule has 0 aromatic carbocycles. The maximum absolute atomic E-state index is 13.2. The Morgan fingerprint density at radius 2 is 2.06 bits per heavy atom. The van der Waals surface area contributed by atoms with Gasteiger partial charge in [-0.15, -0.1) is 0 Å². The van der Waals surface area contributed by atoms with Gasteiger partial charge >= 0.3 is 0 Å². The molecule has 1 heterocycles. The van der Waals surface area contributed by atoms with Gasteiger partial charge in [-0.05, 0) is 77.8 Å². The van der Waals surface area contributed by atoms with E-state index >= 15 is 0 Å². The number of unbranched alkanes of at least 4 members (excludes halogenated alkanes) is 1. The molecule has 6 nitrogen and oxygen atoms in total. The molecule has 2 unspecified atom stereocenters. The average Bonchev–Trinajstić information content (AvgIpc) is 2.71. The molecule has 3 N–H and O–H groups in total. The predicted octanol–water partition coefficient (Wildman–Crippen LogP) is 4.21. The van der Waals surface area contributed by atoms with Crippen molar-refractivity contribution in [2.45, 2.75) is 53.0 Å². The zero-order valence-electron chi connectivity index (χ0n) is 20.1. The van der Waals surface area contributed by atoms with E-state index < -0.39 is 0 Å². The minimum Gasteiger partial charge on any atom is -0.512 e. The molecule has 31 heavy (non-hydrogen) atoms. The predicted molar refractivity (Wildman–Crippen MR) is 129 cm³/mol. The van der Waals surface area contributed by atoms with Crippen molar-refractivity contribution in [3.63, 3.8) is 0 Å². The van der Waals surface area contributed by atoms with Crippen molar-refractivity contribution in [1.82, 2.24) is 15.5 Å². The van der Waals surface area contributed by atoms with E-state index in [2.05, 4.69) is 30.6 Å². The first kappa shape index (κ1) is 26.6. The monoisotopic (exact) mass is 431 g/mol. The molecule has 0 saturated heterocycles. The van der Waals surface area contributed by atoms with Crippen LogP contribution in [-0.4, -0.2) is 55.7 Å². The standard InChI is InChI=1S/C25H41N3O3/c1-7-31-23(18-21(4)29)17-20(3)24-16-19(2)10-11-22(27-6)12-13-25(30)28(24)15-9-8-14-26-5/h10-13,17-18,20,24,26-27,29H,7-9,14-16H2,1-6H3/b13-12+,19-10+,21-18+,22-11+,23-17+. The molecule has 2 atom stereocenters. The molecule has 0 radical (unpaired) electrons. The fraction of sp³-hybridized carbons (Fsp3) is 0.560. The number of hydrogen-bond acceptors (Lipinski definition) is 5. The van der Waals surface area contributed by atoms with Crippen LogP contribution in [0.1, 0.15) is 47.0 Å². The van der Waals surface area contributed by atoms with E-state index in [1.807, 2.05) is 44.1 Å². The van der Waals surface area contributed by atoms with Crippen LogP contribution in [0.2, 0.25) is 0 Å². The number of carbonyl (C=O) groups is 1. The van der Waals surface area contributed by atoms with E-state index in [4.69, 9.17) is 4.74 Å². The summed E-state index contributed by atoms with van der Waals surface area (Å²) >= 11 is 0. The third-order valence-electron chi connectivity index (χ3n) is 5.23. The maximum Gasteiger partial charge on any atom is 0.246 e. The van der Waals surface area contributed by atoms with Crippen molar-refractivity contribution >= 4 is 5.91 Å². The van der Waals surface area contributed by atoms with Gasteiger partial charge in [0.1, 0.15) is 5.76 Å². The number of nitrogens with one attached hydrogen (secondary N) is 2. The normalized spacial score (nSPS) is 24.0. The number of ether oxygens (including phenoxy) is 1. The summed E-state index contributed by atoms with van der Waals surface area (Å²) in [4.78, 5) is 15.2. The summed E-state index contributed by atoms with van der Waals surface area (Å²) in [6, 6.07) is -0.0182. The zero-order valence-corrected chi connectivity index (χ0v) is 20.1. The largest absolute Gasteiger partial charge is 0.512 e. The van der Waals surface area contributed by atoms with Crippen molar-refractivity contribution in [3.8, 4) is 0 Å². The lowest BCUT2D eigenvalue weighted by Gasteiger charge is -2.35.